The van der Waals surface area contributed by atoms with Gasteiger partial charge in [0.25, 0.3) is 0 Å². The van der Waals surface area contributed by atoms with E-state index in [1.54, 1.807) is 26.0 Å². The van der Waals surface area contributed by atoms with Gasteiger partial charge in [-0.1, -0.05) is 12.1 Å². The summed E-state index contributed by atoms with van der Waals surface area (Å²) in [6, 6.07) is 6.02. The van der Waals surface area contributed by atoms with Crippen LogP contribution in [-0.2, 0) is 24.8 Å². The molecule has 5 nitrogen and oxygen atoms in total. The monoisotopic (exact) mass is 399 g/mol. The van der Waals surface area contributed by atoms with Crippen molar-refractivity contribution in [3.05, 3.63) is 35.6 Å². The van der Waals surface area contributed by atoms with E-state index < -0.39 is 40.2 Å². The van der Waals surface area contributed by atoms with Crippen molar-refractivity contribution < 1.29 is 27.8 Å². The second-order valence-corrected chi connectivity index (χ2v) is 8.08. The average molecular weight is 399 g/mol. The Morgan fingerprint density at radius 2 is 1.78 bits per heavy atom. The summed E-state index contributed by atoms with van der Waals surface area (Å²) in [6.45, 7) is 3.42. The Balaban J connectivity index is 1.78. The van der Waals surface area contributed by atoms with Crippen molar-refractivity contribution in [2.75, 3.05) is 13.2 Å². The van der Waals surface area contributed by atoms with Crippen molar-refractivity contribution in [2.45, 2.75) is 42.5 Å². The summed E-state index contributed by atoms with van der Waals surface area (Å²) in [5.74, 6) is -3.10. The number of esters is 2. The molecule has 0 unspecified atom stereocenters. The summed E-state index contributed by atoms with van der Waals surface area (Å²) in [7, 11) is 0. The highest BCUT2D eigenvalue weighted by Gasteiger charge is 2.85. The number of fused-ring (bicyclic) bond motifs is 1. The second kappa shape index (κ2) is 7.39. The van der Waals surface area contributed by atoms with E-state index in [1.807, 2.05) is 0 Å². The molecule has 2 saturated carbocycles. The van der Waals surface area contributed by atoms with Gasteiger partial charge in [-0.25, -0.2) is 18.4 Å². The molecule has 0 spiro atoms. The van der Waals surface area contributed by atoms with E-state index in [-0.39, 0.29) is 25.5 Å². The van der Waals surface area contributed by atoms with Crippen LogP contribution in [0.1, 0.15) is 25.8 Å². The van der Waals surface area contributed by atoms with Crippen molar-refractivity contribution in [3.63, 3.8) is 0 Å². The van der Waals surface area contributed by atoms with Crippen LogP contribution in [0.15, 0.2) is 24.3 Å². The number of halogens is 2. The van der Waals surface area contributed by atoms with Gasteiger partial charge in [0.1, 0.15) is 11.4 Å². The van der Waals surface area contributed by atoms with Crippen LogP contribution >= 0.6 is 11.8 Å². The molecule has 2 aliphatic rings. The standard InChI is InChI=1S/C19H23F2NO4S/c1-3-25-16(23)18(21)13-9-14(19(22,15(13)18)17(24)26-4-2)27-10-11-5-7-12(20)8-6-11/h5-8,13-15H,3-4,9-10,22H2,1-2H3/t13-,14-,15+,18-,19+/m1/s1. The second-order valence-electron chi connectivity index (χ2n) is 6.89. The Morgan fingerprint density at radius 3 is 2.37 bits per heavy atom. The zero-order chi connectivity index (χ0) is 19.8. The van der Waals surface area contributed by atoms with E-state index in [0.717, 1.165) is 5.56 Å². The van der Waals surface area contributed by atoms with Gasteiger partial charge < -0.3 is 15.2 Å². The fourth-order valence-corrected chi connectivity index (χ4v) is 5.50. The first-order valence-corrected chi connectivity index (χ1v) is 10.0. The number of hydrogen-bond donors (Lipinski definition) is 1. The number of ether oxygens (including phenoxy) is 2. The summed E-state index contributed by atoms with van der Waals surface area (Å²) in [5, 5.41) is -0.407. The predicted octanol–water partition coefficient (Wildman–Crippen LogP) is 2.61. The molecule has 0 heterocycles. The Hall–Kier alpha value is -1.67. The number of alkyl halides is 1. The molecule has 0 radical (unpaired) electrons. The Kier molecular flexibility index (Phi) is 5.49. The molecule has 5 atom stereocenters. The molecule has 2 N–H and O–H groups in total. The number of thioether (sulfide) groups is 1. The molecule has 27 heavy (non-hydrogen) atoms. The minimum atomic E-state index is -2.23. The summed E-state index contributed by atoms with van der Waals surface area (Å²) < 4.78 is 38.3. The number of rotatable bonds is 7. The third-order valence-electron chi connectivity index (χ3n) is 5.38. The topological polar surface area (TPSA) is 78.6 Å². The third-order valence-corrected chi connectivity index (χ3v) is 6.87. The smallest absolute Gasteiger partial charge is 0.344 e. The van der Waals surface area contributed by atoms with Crippen LogP contribution in [0.5, 0.6) is 0 Å². The van der Waals surface area contributed by atoms with Crippen LogP contribution in [0.2, 0.25) is 0 Å². The molecule has 148 valence electrons. The summed E-state index contributed by atoms with van der Waals surface area (Å²) >= 11 is 1.40. The van der Waals surface area contributed by atoms with E-state index in [2.05, 4.69) is 0 Å². The lowest BCUT2D eigenvalue weighted by Gasteiger charge is -2.33. The molecule has 0 bridgehead atoms. The predicted molar refractivity (Wildman–Crippen MR) is 97.1 cm³/mol. The molecule has 1 aromatic carbocycles. The molecule has 0 saturated heterocycles. The average Bonchev–Trinajstić information content (AvgIpc) is 3.11. The van der Waals surface area contributed by atoms with Gasteiger partial charge >= 0.3 is 11.9 Å². The minimum Gasteiger partial charge on any atom is -0.465 e. The first-order chi connectivity index (χ1) is 12.8. The maximum Gasteiger partial charge on any atom is 0.344 e. The highest BCUT2D eigenvalue weighted by atomic mass is 32.2. The lowest BCUT2D eigenvalue weighted by atomic mass is 9.90. The van der Waals surface area contributed by atoms with Gasteiger partial charge in [-0.15, -0.1) is 0 Å². The molecule has 0 amide bonds. The quantitative estimate of drug-likeness (QED) is 0.710. The molecule has 0 aliphatic heterocycles. The van der Waals surface area contributed by atoms with E-state index in [4.69, 9.17) is 15.2 Å². The summed E-state index contributed by atoms with van der Waals surface area (Å²) in [4.78, 5) is 24.7. The van der Waals surface area contributed by atoms with Crippen LogP contribution in [0.4, 0.5) is 8.78 Å². The zero-order valence-corrected chi connectivity index (χ0v) is 16.1. The van der Waals surface area contributed by atoms with Crippen molar-refractivity contribution in [2.24, 2.45) is 17.6 Å². The molecule has 3 rings (SSSR count). The highest BCUT2D eigenvalue weighted by Crippen LogP contribution is 2.69. The van der Waals surface area contributed by atoms with E-state index >= 15 is 4.39 Å². The van der Waals surface area contributed by atoms with Crippen LogP contribution in [0.3, 0.4) is 0 Å². The van der Waals surface area contributed by atoms with Crippen molar-refractivity contribution in [1.82, 2.24) is 0 Å². The van der Waals surface area contributed by atoms with Gasteiger partial charge in [0.05, 0.1) is 13.2 Å². The van der Waals surface area contributed by atoms with E-state index in [1.165, 1.54) is 23.9 Å². The fourth-order valence-electron chi connectivity index (χ4n) is 4.06. The van der Waals surface area contributed by atoms with Crippen LogP contribution in [0.25, 0.3) is 0 Å². The Bertz CT molecular complexity index is 731. The molecule has 0 aromatic heterocycles. The SMILES string of the molecule is CCOC(=O)[C@@]1(N)[C@H]2[C@@H](C[C@H]1SCc1ccc(F)cc1)[C@]2(F)C(=O)OCC. The summed E-state index contributed by atoms with van der Waals surface area (Å²) in [6.07, 6.45) is 0.279. The van der Waals surface area contributed by atoms with Crippen molar-refractivity contribution in [3.8, 4) is 0 Å². The largest absolute Gasteiger partial charge is 0.465 e. The van der Waals surface area contributed by atoms with Gasteiger partial charge in [-0.2, -0.15) is 11.8 Å². The van der Waals surface area contributed by atoms with Gasteiger partial charge in [-0.05, 0) is 38.0 Å². The zero-order valence-electron chi connectivity index (χ0n) is 15.2. The van der Waals surface area contributed by atoms with E-state index in [9.17, 15) is 14.0 Å². The number of hydrogen-bond acceptors (Lipinski definition) is 6. The number of carbonyl (C=O) groups is 2. The van der Waals surface area contributed by atoms with Crippen LogP contribution < -0.4 is 5.73 Å². The Labute approximate surface area is 161 Å². The lowest BCUT2D eigenvalue weighted by molar-refractivity contribution is -0.156. The number of carbonyl (C=O) groups excluding carboxylic acids is 2. The normalized spacial score (nSPS) is 34.0. The third kappa shape index (κ3) is 3.23. The maximum absolute atomic E-state index is 15.3. The fraction of sp³-hybridized carbons (Fsp3) is 0.579. The molecular formula is C19H23F2NO4S. The molecule has 1 aromatic rings. The van der Waals surface area contributed by atoms with Crippen molar-refractivity contribution in [1.29, 1.82) is 0 Å². The number of benzene rings is 1. The first kappa shape index (κ1) is 20.1. The summed E-state index contributed by atoms with van der Waals surface area (Å²) in [5.41, 5.74) is 3.44. The van der Waals surface area contributed by atoms with Gasteiger partial charge in [0.15, 0.2) is 0 Å². The van der Waals surface area contributed by atoms with E-state index in [0.29, 0.717) is 5.75 Å². The van der Waals surface area contributed by atoms with Crippen LogP contribution in [0, 0.1) is 17.7 Å². The van der Waals surface area contributed by atoms with Crippen LogP contribution in [-0.4, -0.2) is 41.6 Å². The van der Waals surface area contributed by atoms with Gasteiger partial charge in [0.2, 0.25) is 5.67 Å². The molecule has 2 fully saturated rings. The highest BCUT2D eigenvalue weighted by molar-refractivity contribution is 7.99. The molecular weight excluding hydrogens is 376 g/mol. The lowest BCUT2D eigenvalue weighted by Crippen LogP contribution is -2.59. The molecule has 2 aliphatic carbocycles. The van der Waals surface area contributed by atoms with Crippen molar-refractivity contribution >= 4 is 23.7 Å². The Morgan fingerprint density at radius 1 is 1.19 bits per heavy atom. The minimum absolute atomic E-state index is 0.0592. The van der Waals surface area contributed by atoms with Gasteiger partial charge in [0, 0.05) is 22.8 Å². The number of nitrogens with two attached hydrogens (primary N) is 1. The molecule has 8 heteroatoms. The maximum atomic E-state index is 15.3. The van der Waals surface area contributed by atoms with Gasteiger partial charge in [-0.3, -0.25) is 0 Å². The first-order valence-electron chi connectivity index (χ1n) is 8.98.